The summed E-state index contributed by atoms with van der Waals surface area (Å²) in [5.41, 5.74) is 8.41. The molecule has 278 valence electrons. The van der Waals surface area contributed by atoms with Gasteiger partial charge in [-0.1, -0.05) is 30.3 Å². The molecule has 0 saturated heterocycles. The first-order chi connectivity index (χ1) is 25.5. The average molecular weight is 813 g/mol. The fourth-order valence-corrected chi connectivity index (χ4v) is 13.4. The minimum atomic E-state index is -3.16. The summed E-state index contributed by atoms with van der Waals surface area (Å²) in [6.07, 6.45) is 9.71. The molecule has 6 rings (SSSR count). The quantitative estimate of drug-likeness (QED) is 0.0805. The monoisotopic (exact) mass is 811 g/mol. The molecule has 6 nitrogen and oxygen atoms in total. The van der Waals surface area contributed by atoms with Crippen molar-refractivity contribution >= 4 is 45.0 Å². The van der Waals surface area contributed by atoms with E-state index in [1.54, 1.807) is 0 Å². The Kier molecular flexibility index (Phi) is 14.9. The predicted octanol–water partition coefficient (Wildman–Crippen LogP) is 3.67. The average Bonchev–Trinajstić information content (AvgIpc) is 3.20. The second-order valence-electron chi connectivity index (χ2n) is 13.5. The van der Waals surface area contributed by atoms with Crippen LogP contribution in [0.25, 0.3) is 0 Å². The molecule has 53 heavy (non-hydrogen) atoms. The predicted molar refractivity (Wildman–Crippen MR) is 222 cm³/mol. The molecule has 0 radical (unpaired) electrons. The van der Waals surface area contributed by atoms with Crippen molar-refractivity contribution < 1.29 is 26.7 Å². The zero-order chi connectivity index (χ0) is 35.9. The van der Waals surface area contributed by atoms with E-state index in [-0.39, 0.29) is 23.1 Å². The summed E-state index contributed by atoms with van der Waals surface area (Å²) in [6, 6.07) is 51.0. The standard InChI is InChI=1S/C44H51ClN5OP.BrH/c45-52(39-22-12-7-13-23-39,40-24-14-8-15-25-40,41-26-16-9-17-27-41)35-19-5-3-1-2-4-18-34-51-38-30-28-37(29-31-38)42-48-43(46)50-44(49-42)47-33-32-36-20-10-6-11-21-36;/h6-17,20-31,42H,1-5,18-19,32-35H2,(H4,46,47,48,49,50);1H. The smallest absolute Gasteiger partial charge is 1.00 e. The number of guanidine groups is 2. The topological polar surface area (TPSA) is 85.6 Å². The number of nitrogens with two attached hydrogens (primary N) is 1. The van der Waals surface area contributed by atoms with Gasteiger partial charge in [0.05, 0.1) is 6.54 Å². The van der Waals surface area contributed by atoms with E-state index in [0.29, 0.717) is 12.6 Å². The first kappa shape index (κ1) is 40.0. The van der Waals surface area contributed by atoms with Crippen LogP contribution in [0.2, 0.25) is 0 Å². The minimum Gasteiger partial charge on any atom is -1.00 e. The van der Waals surface area contributed by atoms with Gasteiger partial charge < -0.3 is 22.7 Å². The van der Waals surface area contributed by atoms with E-state index in [1.165, 1.54) is 47.2 Å². The van der Waals surface area contributed by atoms with Gasteiger partial charge in [0.25, 0.3) is 5.96 Å². The van der Waals surface area contributed by atoms with Crippen LogP contribution in [0.1, 0.15) is 62.2 Å². The number of nitrogens with one attached hydrogen (secondary N) is 3. The normalized spacial score (nSPS) is 15.6. The van der Waals surface area contributed by atoms with Gasteiger partial charge in [0.1, 0.15) is 0 Å². The van der Waals surface area contributed by atoms with Crippen molar-refractivity contribution in [2.75, 3.05) is 19.3 Å². The molecule has 0 spiro atoms. The molecule has 0 bridgehead atoms. The van der Waals surface area contributed by atoms with Gasteiger partial charge in [-0.2, -0.15) is 4.99 Å². The van der Waals surface area contributed by atoms with E-state index < -0.39 is 5.96 Å². The zero-order valence-electron chi connectivity index (χ0n) is 30.3. The SMILES string of the molecule is NC1=NC(c2ccc(OCCCCCCCCCP(Cl)(c3ccccc3)(c3ccccc3)c3ccccc3)cc2)NC(=[NH+]CCc2ccccc2)N1.[Br-]. The van der Waals surface area contributed by atoms with Crippen LogP contribution in [-0.4, -0.2) is 31.2 Å². The third-order valence-corrected chi connectivity index (χ3v) is 17.5. The molecule has 5 aromatic carbocycles. The van der Waals surface area contributed by atoms with Crippen molar-refractivity contribution in [3.05, 3.63) is 157 Å². The van der Waals surface area contributed by atoms with Gasteiger partial charge in [-0.25, -0.2) is 5.32 Å². The van der Waals surface area contributed by atoms with E-state index in [1.807, 2.05) is 30.3 Å². The summed E-state index contributed by atoms with van der Waals surface area (Å²) in [5, 5.41) is 10.2. The van der Waals surface area contributed by atoms with Gasteiger partial charge in [-0.15, -0.1) is 0 Å². The summed E-state index contributed by atoms with van der Waals surface area (Å²) >= 11 is 8.21. The van der Waals surface area contributed by atoms with Crippen molar-refractivity contribution in [3.63, 3.8) is 0 Å². The van der Waals surface area contributed by atoms with E-state index in [0.717, 1.165) is 55.7 Å². The number of aliphatic imine (C=N–C) groups is 1. The van der Waals surface area contributed by atoms with Crippen molar-refractivity contribution in [2.45, 2.75) is 57.5 Å². The van der Waals surface area contributed by atoms with Crippen LogP contribution < -0.4 is 59.0 Å². The summed E-state index contributed by atoms with van der Waals surface area (Å²) in [6.45, 7) is 1.49. The summed E-state index contributed by atoms with van der Waals surface area (Å²) in [7, 11) is 0. The maximum absolute atomic E-state index is 8.21. The third kappa shape index (κ3) is 10.3. The number of halogens is 2. The van der Waals surface area contributed by atoms with Gasteiger partial charge in [0.15, 0.2) is 6.17 Å². The zero-order valence-corrected chi connectivity index (χ0v) is 33.6. The summed E-state index contributed by atoms with van der Waals surface area (Å²) in [5.74, 6) is -1.14. The molecule has 0 amide bonds. The Balaban J connectivity index is 0.00000541. The summed E-state index contributed by atoms with van der Waals surface area (Å²) < 4.78 is 6.08. The molecule has 1 aliphatic heterocycles. The fraction of sp³-hybridized carbons (Fsp3) is 0.273. The molecule has 1 aliphatic rings. The Labute approximate surface area is 330 Å². The van der Waals surface area contributed by atoms with Crippen molar-refractivity contribution in [1.82, 2.24) is 10.6 Å². The third-order valence-electron chi connectivity index (χ3n) is 9.93. The molecule has 0 fully saturated rings. The first-order valence-electron chi connectivity index (χ1n) is 18.7. The number of nitrogens with zero attached hydrogens (tertiary/aromatic N) is 1. The Hall–Kier alpha value is -4.16. The Bertz CT molecular complexity index is 1780. The Morgan fingerprint density at radius 2 is 1.13 bits per heavy atom. The first-order valence-corrected chi connectivity index (χ1v) is 22.0. The molecule has 0 aromatic heterocycles. The van der Waals surface area contributed by atoms with Crippen LogP contribution in [0.15, 0.2) is 151 Å². The molecule has 5 N–H and O–H groups in total. The second-order valence-corrected chi connectivity index (χ2v) is 20.1. The van der Waals surface area contributed by atoms with Crippen molar-refractivity contribution in [2.24, 2.45) is 10.7 Å². The molecule has 1 atom stereocenters. The van der Waals surface area contributed by atoms with Crippen LogP contribution in [0.5, 0.6) is 5.75 Å². The van der Waals surface area contributed by atoms with E-state index in [4.69, 9.17) is 21.7 Å². The van der Waals surface area contributed by atoms with Crippen LogP contribution in [0.4, 0.5) is 0 Å². The van der Waals surface area contributed by atoms with Crippen LogP contribution in [-0.2, 0) is 6.42 Å². The van der Waals surface area contributed by atoms with Gasteiger partial charge >= 0.3 is 210 Å². The molecular weight excluding hydrogens is 761 g/mol. The number of hydrogen-bond donors (Lipinski definition) is 4. The van der Waals surface area contributed by atoms with Gasteiger partial charge in [0, 0.05) is 12.0 Å². The van der Waals surface area contributed by atoms with E-state index in [2.05, 4.69) is 136 Å². The van der Waals surface area contributed by atoms with Gasteiger partial charge in [-0.3, -0.25) is 10.3 Å². The molecule has 1 heterocycles. The van der Waals surface area contributed by atoms with Gasteiger partial charge in [-0.05, 0) is 17.7 Å². The number of rotatable bonds is 18. The van der Waals surface area contributed by atoms with Crippen molar-refractivity contribution in [1.29, 1.82) is 0 Å². The van der Waals surface area contributed by atoms with Crippen LogP contribution >= 0.6 is 17.2 Å². The molecule has 0 aliphatic carbocycles. The minimum absolute atomic E-state index is 0. The van der Waals surface area contributed by atoms with Crippen LogP contribution in [0.3, 0.4) is 0 Å². The molecule has 9 heteroatoms. The Morgan fingerprint density at radius 3 is 1.68 bits per heavy atom. The second kappa shape index (κ2) is 19.8. The fourth-order valence-electron chi connectivity index (χ4n) is 7.12. The number of hydrogen-bond acceptors (Lipinski definition) is 3. The van der Waals surface area contributed by atoms with Crippen molar-refractivity contribution in [3.8, 4) is 5.75 Å². The maximum atomic E-state index is 8.21. The number of benzene rings is 5. The number of ether oxygens (including phenoxy) is 1. The Morgan fingerprint density at radius 1 is 0.642 bits per heavy atom. The molecule has 5 aromatic rings. The molecule has 1 unspecified atom stereocenters. The summed E-state index contributed by atoms with van der Waals surface area (Å²) in [4.78, 5) is 7.94. The van der Waals surface area contributed by atoms with E-state index >= 15 is 0 Å². The molecular formula is C44H52BrClN5OP. The molecule has 0 saturated carbocycles. The van der Waals surface area contributed by atoms with Gasteiger partial charge in [0.2, 0.25) is 0 Å². The number of unbranched alkanes of at least 4 members (excludes halogenated alkanes) is 6. The van der Waals surface area contributed by atoms with Crippen LogP contribution in [0, 0.1) is 0 Å². The van der Waals surface area contributed by atoms with E-state index in [9.17, 15) is 0 Å².